The van der Waals surface area contributed by atoms with Crippen LogP contribution in [-0.4, -0.2) is 22.8 Å². The lowest BCUT2D eigenvalue weighted by Gasteiger charge is -2.22. The van der Waals surface area contributed by atoms with Gasteiger partial charge < -0.3 is 15.2 Å². The minimum Gasteiger partial charge on any atom is -0.481 e. The number of hydrogen-bond donors (Lipinski definition) is 2. The zero-order chi connectivity index (χ0) is 14.9. The lowest BCUT2D eigenvalue weighted by atomic mass is 10.0. The topological polar surface area (TPSA) is 75.6 Å². The van der Waals surface area contributed by atoms with Gasteiger partial charge in [0.25, 0.3) is 0 Å². The molecule has 0 saturated carbocycles. The molecular formula is C15H19NO4. The van der Waals surface area contributed by atoms with Crippen molar-refractivity contribution in [1.82, 2.24) is 5.32 Å². The molecule has 1 aliphatic rings. The first kappa shape index (κ1) is 14.4. The molecule has 0 radical (unpaired) electrons. The molecule has 0 aliphatic heterocycles. The molecule has 0 fully saturated rings. The monoisotopic (exact) mass is 277 g/mol. The van der Waals surface area contributed by atoms with E-state index >= 15 is 0 Å². The smallest absolute Gasteiger partial charge is 0.408 e. The van der Waals surface area contributed by atoms with E-state index in [4.69, 9.17) is 4.74 Å². The Morgan fingerprint density at radius 1 is 1.25 bits per heavy atom. The van der Waals surface area contributed by atoms with Crippen LogP contribution < -0.4 is 5.32 Å². The van der Waals surface area contributed by atoms with Crippen molar-refractivity contribution in [1.29, 1.82) is 0 Å². The fraction of sp³-hybridized carbons (Fsp3) is 0.467. The number of benzene rings is 1. The Hall–Kier alpha value is -2.04. The zero-order valence-corrected chi connectivity index (χ0v) is 11.8. The molecule has 2 atom stereocenters. The molecule has 0 aromatic heterocycles. The van der Waals surface area contributed by atoms with Gasteiger partial charge in [0.05, 0.1) is 12.0 Å². The molecule has 1 aliphatic carbocycles. The van der Waals surface area contributed by atoms with Gasteiger partial charge in [-0.3, -0.25) is 4.79 Å². The second-order valence-electron chi connectivity index (χ2n) is 5.95. The van der Waals surface area contributed by atoms with Gasteiger partial charge in [-0.1, -0.05) is 24.3 Å². The number of ether oxygens (including phenoxy) is 1. The van der Waals surface area contributed by atoms with E-state index in [1.165, 1.54) is 0 Å². The van der Waals surface area contributed by atoms with Gasteiger partial charge in [-0.25, -0.2) is 4.79 Å². The first-order valence-corrected chi connectivity index (χ1v) is 6.59. The summed E-state index contributed by atoms with van der Waals surface area (Å²) in [6.45, 7) is 5.36. The number of carbonyl (C=O) groups excluding carboxylic acids is 1. The molecule has 0 spiro atoms. The molecule has 1 aromatic carbocycles. The zero-order valence-electron chi connectivity index (χ0n) is 11.8. The van der Waals surface area contributed by atoms with Crippen LogP contribution in [0.1, 0.15) is 50.3 Å². The van der Waals surface area contributed by atoms with Gasteiger partial charge in [0, 0.05) is 0 Å². The third kappa shape index (κ3) is 3.10. The summed E-state index contributed by atoms with van der Waals surface area (Å²) in [6, 6.07) is 6.98. The third-order valence-electron chi connectivity index (χ3n) is 3.21. The van der Waals surface area contributed by atoms with Gasteiger partial charge in [-0.2, -0.15) is 0 Å². The van der Waals surface area contributed by atoms with E-state index in [1.807, 2.05) is 18.2 Å². The lowest BCUT2D eigenvalue weighted by Crippen LogP contribution is -2.34. The summed E-state index contributed by atoms with van der Waals surface area (Å²) in [4.78, 5) is 23.1. The fourth-order valence-corrected chi connectivity index (χ4v) is 2.46. The number of amides is 1. The van der Waals surface area contributed by atoms with Crippen molar-refractivity contribution in [2.24, 2.45) is 0 Å². The first-order valence-electron chi connectivity index (χ1n) is 6.59. The molecule has 0 heterocycles. The number of fused-ring (bicyclic) bond motifs is 1. The highest BCUT2D eigenvalue weighted by molar-refractivity contribution is 5.79. The fourth-order valence-electron chi connectivity index (χ4n) is 2.46. The Morgan fingerprint density at radius 3 is 2.40 bits per heavy atom. The first-order chi connectivity index (χ1) is 9.28. The highest BCUT2D eigenvalue weighted by Crippen LogP contribution is 2.40. The highest BCUT2D eigenvalue weighted by atomic mass is 16.6. The third-order valence-corrected chi connectivity index (χ3v) is 3.21. The number of aliphatic carboxylic acids is 1. The molecule has 2 rings (SSSR count). The summed E-state index contributed by atoms with van der Waals surface area (Å²) in [5.41, 5.74) is 1.04. The predicted molar refractivity (Wildman–Crippen MR) is 73.5 cm³/mol. The molecule has 0 unspecified atom stereocenters. The maximum Gasteiger partial charge on any atom is 0.408 e. The van der Waals surface area contributed by atoms with E-state index < -0.39 is 23.6 Å². The quantitative estimate of drug-likeness (QED) is 0.871. The molecular weight excluding hydrogens is 258 g/mol. The van der Waals surface area contributed by atoms with Gasteiger partial charge in [0.1, 0.15) is 5.60 Å². The summed E-state index contributed by atoms with van der Waals surface area (Å²) in [5.74, 6) is -1.45. The van der Waals surface area contributed by atoms with Crippen LogP contribution in [0.4, 0.5) is 4.79 Å². The molecule has 1 amide bonds. The largest absolute Gasteiger partial charge is 0.481 e. The van der Waals surface area contributed by atoms with Crippen molar-refractivity contribution in [2.45, 2.75) is 44.8 Å². The maximum atomic E-state index is 11.8. The second-order valence-corrected chi connectivity index (χ2v) is 5.95. The Kier molecular flexibility index (Phi) is 3.70. The number of carbonyl (C=O) groups is 2. The van der Waals surface area contributed by atoms with Crippen molar-refractivity contribution in [2.75, 3.05) is 0 Å². The molecule has 1 aromatic rings. The number of nitrogens with one attached hydrogen (secondary N) is 1. The van der Waals surface area contributed by atoms with E-state index in [0.717, 1.165) is 11.1 Å². The highest BCUT2D eigenvalue weighted by Gasteiger charge is 2.36. The average Bonchev–Trinajstić information content (AvgIpc) is 2.66. The summed E-state index contributed by atoms with van der Waals surface area (Å²) in [7, 11) is 0. The maximum absolute atomic E-state index is 11.8. The Balaban J connectivity index is 2.15. The second kappa shape index (κ2) is 5.15. The van der Waals surface area contributed by atoms with Gasteiger partial charge in [-0.05, 0) is 38.3 Å². The molecule has 5 nitrogen and oxygen atoms in total. The van der Waals surface area contributed by atoms with E-state index in [2.05, 4.69) is 5.32 Å². The van der Waals surface area contributed by atoms with E-state index in [9.17, 15) is 14.7 Å². The number of carboxylic acids is 1. The van der Waals surface area contributed by atoms with Crippen LogP contribution in [0.15, 0.2) is 24.3 Å². The standard InChI is InChI=1S/C15H19NO4/c1-15(2,3)20-14(19)16-12-8-11(13(17)18)9-6-4-5-7-10(9)12/h4-7,11-12H,8H2,1-3H3,(H,16,19)(H,17,18)/t11-,12-/m0/s1. The van der Waals surface area contributed by atoms with Crippen LogP contribution in [-0.2, 0) is 9.53 Å². The molecule has 108 valence electrons. The number of carboxylic acid groups (broad SMARTS) is 1. The van der Waals surface area contributed by atoms with Crippen molar-refractivity contribution in [3.8, 4) is 0 Å². The molecule has 20 heavy (non-hydrogen) atoms. The SMILES string of the molecule is CC(C)(C)OC(=O)N[C@H]1C[C@H](C(=O)O)c2ccccc21. The lowest BCUT2D eigenvalue weighted by molar-refractivity contribution is -0.138. The van der Waals surface area contributed by atoms with E-state index in [0.29, 0.717) is 6.42 Å². The summed E-state index contributed by atoms with van der Waals surface area (Å²) >= 11 is 0. The summed E-state index contributed by atoms with van der Waals surface area (Å²) in [6.07, 6.45) is -0.170. The van der Waals surface area contributed by atoms with Crippen LogP contribution in [0.25, 0.3) is 0 Å². The van der Waals surface area contributed by atoms with Crippen molar-refractivity contribution < 1.29 is 19.4 Å². The Bertz CT molecular complexity index is 533. The molecule has 0 saturated heterocycles. The summed E-state index contributed by atoms with van der Waals surface area (Å²) in [5, 5.41) is 12.0. The van der Waals surface area contributed by atoms with E-state index in [1.54, 1.807) is 26.8 Å². The van der Waals surface area contributed by atoms with Crippen molar-refractivity contribution >= 4 is 12.1 Å². The predicted octanol–water partition coefficient (Wildman–Crippen LogP) is 2.82. The number of rotatable bonds is 2. The Labute approximate surface area is 117 Å². The van der Waals surface area contributed by atoms with Crippen molar-refractivity contribution in [3.63, 3.8) is 0 Å². The average molecular weight is 277 g/mol. The van der Waals surface area contributed by atoms with Crippen LogP contribution >= 0.6 is 0 Å². The van der Waals surface area contributed by atoms with Gasteiger partial charge >= 0.3 is 12.1 Å². The van der Waals surface area contributed by atoms with Gasteiger partial charge in [-0.15, -0.1) is 0 Å². The minimum absolute atomic E-state index is 0.317. The van der Waals surface area contributed by atoms with Crippen molar-refractivity contribution in [3.05, 3.63) is 35.4 Å². The molecule has 0 bridgehead atoms. The number of hydrogen-bond acceptors (Lipinski definition) is 3. The van der Waals surface area contributed by atoms with Crippen LogP contribution in [0.5, 0.6) is 0 Å². The van der Waals surface area contributed by atoms with Gasteiger partial charge in [0.2, 0.25) is 0 Å². The molecule has 2 N–H and O–H groups in total. The normalized spacial score (nSPS) is 21.1. The Morgan fingerprint density at radius 2 is 1.85 bits per heavy atom. The minimum atomic E-state index is -0.870. The van der Waals surface area contributed by atoms with Crippen LogP contribution in [0.3, 0.4) is 0 Å². The van der Waals surface area contributed by atoms with Crippen LogP contribution in [0.2, 0.25) is 0 Å². The van der Waals surface area contributed by atoms with Gasteiger partial charge in [0.15, 0.2) is 0 Å². The summed E-state index contributed by atoms with van der Waals surface area (Å²) < 4.78 is 5.21. The number of alkyl carbamates (subject to hydrolysis) is 1. The van der Waals surface area contributed by atoms with Crippen LogP contribution in [0, 0.1) is 0 Å². The molecule has 5 heteroatoms. The van der Waals surface area contributed by atoms with E-state index in [-0.39, 0.29) is 6.04 Å².